The Morgan fingerprint density at radius 3 is 2.67 bits per heavy atom. The summed E-state index contributed by atoms with van der Waals surface area (Å²) in [4.78, 5) is 0. The molecule has 0 bridgehead atoms. The van der Waals surface area contributed by atoms with E-state index in [2.05, 4.69) is 17.3 Å². The van der Waals surface area contributed by atoms with Crippen LogP contribution in [0.1, 0.15) is 24.2 Å². The molecule has 0 aliphatic rings. The Hall–Kier alpha value is -1.03. The zero-order chi connectivity index (χ0) is 13.1. The van der Waals surface area contributed by atoms with Crippen molar-refractivity contribution in [2.45, 2.75) is 13.0 Å². The molecule has 1 atom stereocenters. The lowest BCUT2D eigenvalue weighted by atomic mass is 10.0. The number of benzene rings is 1. The first-order valence-electron chi connectivity index (χ1n) is 5.79. The Bertz CT molecular complexity index is 537. The van der Waals surface area contributed by atoms with Gasteiger partial charge in [0.25, 0.3) is 0 Å². The first-order chi connectivity index (χ1) is 8.63. The molecule has 3 nitrogen and oxygen atoms in total. The summed E-state index contributed by atoms with van der Waals surface area (Å²) in [5.74, 6) is 0. The molecule has 96 valence electrons. The average Bonchev–Trinajstić information content (AvgIpc) is 2.73. The Labute approximate surface area is 117 Å². The van der Waals surface area contributed by atoms with Crippen LogP contribution in [0.25, 0.3) is 0 Å². The van der Waals surface area contributed by atoms with E-state index in [4.69, 9.17) is 23.2 Å². The fourth-order valence-electron chi connectivity index (χ4n) is 1.98. The van der Waals surface area contributed by atoms with Crippen LogP contribution in [0.3, 0.4) is 0 Å². The molecular formula is C13H15Cl2N3. The van der Waals surface area contributed by atoms with Crippen molar-refractivity contribution in [3.8, 4) is 0 Å². The van der Waals surface area contributed by atoms with Gasteiger partial charge in [0.05, 0.1) is 11.7 Å². The zero-order valence-electron chi connectivity index (χ0n) is 10.3. The van der Waals surface area contributed by atoms with Crippen molar-refractivity contribution < 1.29 is 0 Å². The lowest BCUT2D eigenvalue weighted by Crippen LogP contribution is -2.24. The van der Waals surface area contributed by atoms with Gasteiger partial charge in [-0.05, 0) is 30.3 Å². The highest BCUT2D eigenvalue weighted by Gasteiger charge is 2.18. The maximum absolute atomic E-state index is 6.28. The third kappa shape index (κ3) is 2.69. The van der Waals surface area contributed by atoms with Crippen molar-refractivity contribution in [1.82, 2.24) is 15.1 Å². The second-order valence-electron chi connectivity index (χ2n) is 4.04. The Morgan fingerprint density at radius 2 is 2.11 bits per heavy atom. The fourth-order valence-corrected chi connectivity index (χ4v) is 2.50. The molecule has 0 spiro atoms. The third-order valence-corrected chi connectivity index (χ3v) is 3.40. The summed E-state index contributed by atoms with van der Waals surface area (Å²) in [7, 11) is 1.92. The molecular weight excluding hydrogens is 269 g/mol. The first-order valence-corrected chi connectivity index (χ1v) is 6.55. The van der Waals surface area contributed by atoms with Crippen LogP contribution in [0.4, 0.5) is 0 Å². The predicted octanol–water partition coefficient (Wildman–Crippen LogP) is 3.43. The van der Waals surface area contributed by atoms with Gasteiger partial charge in [0, 0.05) is 23.3 Å². The molecule has 0 saturated heterocycles. The Kier molecular flexibility index (Phi) is 4.27. The maximum Gasteiger partial charge on any atom is 0.0762 e. The number of hydrogen-bond acceptors (Lipinski definition) is 2. The molecule has 0 aliphatic heterocycles. The largest absolute Gasteiger partial charge is 0.305 e. The van der Waals surface area contributed by atoms with Crippen molar-refractivity contribution >= 4 is 23.2 Å². The lowest BCUT2D eigenvalue weighted by Gasteiger charge is -2.20. The molecule has 2 rings (SSSR count). The smallest absolute Gasteiger partial charge is 0.0762 e. The van der Waals surface area contributed by atoms with E-state index in [9.17, 15) is 0 Å². The summed E-state index contributed by atoms with van der Waals surface area (Å²) >= 11 is 12.2. The summed E-state index contributed by atoms with van der Waals surface area (Å²) in [6.07, 6.45) is 1.78. The van der Waals surface area contributed by atoms with Crippen LogP contribution < -0.4 is 5.32 Å². The van der Waals surface area contributed by atoms with Crippen LogP contribution >= 0.6 is 23.2 Å². The van der Waals surface area contributed by atoms with Gasteiger partial charge in [-0.1, -0.05) is 36.2 Å². The molecule has 0 fully saturated rings. The van der Waals surface area contributed by atoms with Crippen LogP contribution in [0.15, 0.2) is 30.5 Å². The highest BCUT2D eigenvalue weighted by molar-refractivity contribution is 6.35. The Morgan fingerprint density at radius 1 is 1.33 bits per heavy atom. The van der Waals surface area contributed by atoms with Crippen LogP contribution in [-0.4, -0.2) is 16.3 Å². The quantitative estimate of drug-likeness (QED) is 0.932. The molecule has 2 aromatic rings. The number of hydrogen-bond donors (Lipinski definition) is 1. The van der Waals surface area contributed by atoms with Crippen LogP contribution in [0.2, 0.25) is 10.0 Å². The van der Waals surface area contributed by atoms with E-state index in [0.29, 0.717) is 10.0 Å². The number of halogens is 2. The van der Waals surface area contributed by atoms with Gasteiger partial charge >= 0.3 is 0 Å². The summed E-state index contributed by atoms with van der Waals surface area (Å²) in [5, 5.41) is 8.92. The number of aromatic nitrogens is 2. The normalized spacial score (nSPS) is 12.7. The topological polar surface area (TPSA) is 29.9 Å². The van der Waals surface area contributed by atoms with E-state index in [-0.39, 0.29) is 6.04 Å². The van der Waals surface area contributed by atoms with Crippen molar-refractivity contribution in [2.75, 3.05) is 6.54 Å². The minimum absolute atomic E-state index is 0.0206. The van der Waals surface area contributed by atoms with Crippen molar-refractivity contribution in [3.63, 3.8) is 0 Å². The van der Waals surface area contributed by atoms with E-state index in [1.807, 2.05) is 29.9 Å². The van der Waals surface area contributed by atoms with Crippen molar-refractivity contribution in [3.05, 3.63) is 51.8 Å². The van der Waals surface area contributed by atoms with Gasteiger partial charge in [-0.3, -0.25) is 4.68 Å². The standard InChI is InChI=1S/C13H15Cl2N3/c1-3-16-13(12-6-7-17-18(12)2)10-5-4-9(14)8-11(10)15/h4-8,13,16H,3H2,1-2H3. The third-order valence-electron chi connectivity index (χ3n) is 2.84. The number of aryl methyl sites for hydroxylation is 1. The summed E-state index contributed by atoms with van der Waals surface area (Å²) in [5.41, 5.74) is 2.08. The lowest BCUT2D eigenvalue weighted by molar-refractivity contribution is 0.573. The van der Waals surface area contributed by atoms with Gasteiger partial charge in [-0.15, -0.1) is 0 Å². The highest BCUT2D eigenvalue weighted by atomic mass is 35.5. The van der Waals surface area contributed by atoms with Crippen LogP contribution in [-0.2, 0) is 7.05 Å². The molecule has 0 aliphatic carbocycles. The molecule has 1 unspecified atom stereocenters. The Balaban J connectivity index is 2.45. The summed E-state index contributed by atoms with van der Waals surface area (Å²) in [6, 6.07) is 7.57. The molecule has 1 heterocycles. The average molecular weight is 284 g/mol. The molecule has 18 heavy (non-hydrogen) atoms. The van der Waals surface area contributed by atoms with E-state index < -0.39 is 0 Å². The number of nitrogens with zero attached hydrogens (tertiary/aromatic N) is 2. The predicted molar refractivity (Wildman–Crippen MR) is 75.2 cm³/mol. The number of nitrogens with one attached hydrogen (secondary N) is 1. The molecule has 1 N–H and O–H groups in total. The summed E-state index contributed by atoms with van der Waals surface area (Å²) in [6.45, 7) is 2.90. The molecule has 0 radical (unpaired) electrons. The van der Waals surface area contributed by atoms with E-state index in [0.717, 1.165) is 17.8 Å². The van der Waals surface area contributed by atoms with E-state index in [1.165, 1.54) is 0 Å². The molecule has 0 amide bonds. The van der Waals surface area contributed by atoms with Crippen molar-refractivity contribution in [2.24, 2.45) is 7.05 Å². The van der Waals surface area contributed by atoms with Crippen LogP contribution in [0, 0.1) is 0 Å². The van der Waals surface area contributed by atoms with Gasteiger partial charge in [-0.2, -0.15) is 5.10 Å². The maximum atomic E-state index is 6.28. The fraction of sp³-hybridized carbons (Fsp3) is 0.308. The monoisotopic (exact) mass is 283 g/mol. The zero-order valence-corrected chi connectivity index (χ0v) is 11.8. The van der Waals surface area contributed by atoms with Crippen molar-refractivity contribution in [1.29, 1.82) is 0 Å². The summed E-state index contributed by atoms with van der Waals surface area (Å²) < 4.78 is 1.85. The van der Waals surface area contributed by atoms with Crippen LogP contribution in [0.5, 0.6) is 0 Å². The van der Waals surface area contributed by atoms with E-state index in [1.54, 1.807) is 12.3 Å². The SMILES string of the molecule is CCNC(c1ccc(Cl)cc1Cl)c1ccnn1C. The second-order valence-corrected chi connectivity index (χ2v) is 4.88. The van der Waals surface area contributed by atoms with Gasteiger partial charge in [0.1, 0.15) is 0 Å². The molecule has 1 aromatic carbocycles. The minimum atomic E-state index is 0.0206. The molecule has 0 saturated carbocycles. The van der Waals surface area contributed by atoms with E-state index >= 15 is 0 Å². The first kappa shape index (κ1) is 13.4. The number of rotatable bonds is 4. The minimum Gasteiger partial charge on any atom is -0.305 e. The molecule has 5 heteroatoms. The van der Waals surface area contributed by atoms with Gasteiger partial charge in [0.2, 0.25) is 0 Å². The van der Waals surface area contributed by atoms with Gasteiger partial charge in [-0.25, -0.2) is 0 Å². The van der Waals surface area contributed by atoms with Gasteiger partial charge in [0.15, 0.2) is 0 Å². The van der Waals surface area contributed by atoms with Gasteiger partial charge < -0.3 is 5.32 Å². The molecule has 1 aromatic heterocycles. The highest BCUT2D eigenvalue weighted by Crippen LogP contribution is 2.30. The second kappa shape index (κ2) is 5.74.